The summed E-state index contributed by atoms with van der Waals surface area (Å²) in [6.07, 6.45) is 1.10. The molecule has 7 heteroatoms. The van der Waals surface area contributed by atoms with Gasteiger partial charge in [0.05, 0.1) is 14.2 Å². The van der Waals surface area contributed by atoms with E-state index in [0.717, 1.165) is 11.1 Å². The standard InChI is InChI=1S/C23H21Cl2NO4/c1-29-20-6-3-12(9-21(20)30-2)13-7-18-23(19(27)8-13)16(11-22(28)26-18)15-5-4-14(24)10-17(15)25/h3-6,9-10,13,16H,7-8,11H2,1-2H3,(H,26,28)/t13-,16+/m1/s1. The summed E-state index contributed by atoms with van der Waals surface area (Å²) in [7, 11) is 3.16. The molecule has 1 aliphatic carbocycles. The highest BCUT2D eigenvalue weighted by molar-refractivity contribution is 6.35. The van der Waals surface area contributed by atoms with Gasteiger partial charge in [-0.1, -0.05) is 35.3 Å². The Bertz CT molecular complexity index is 1060. The molecule has 2 aromatic rings. The van der Waals surface area contributed by atoms with E-state index >= 15 is 0 Å². The van der Waals surface area contributed by atoms with Crippen LogP contribution in [0, 0.1) is 0 Å². The molecule has 1 amide bonds. The number of allylic oxidation sites excluding steroid dienone is 2. The van der Waals surface area contributed by atoms with Gasteiger partial charge in [-0.25, -0.2) is 0 Å². The number of hydrogen-bond acceptors (Lipinski definition) is 4. The Morgan fingerprint density at radius 3 is 2.40 bits per heavy atom. The molecule has 0 unspecified atom stereocenters. The number of halogens is 2. The van der Waals surface area contributed by atoms with Crippen LogP contribution in [0.5, 0.6) is 11.5 Å². The van der Waals surface area contributed by atoms with Gasteiger partial charge in [0, 0.05) is 40.1 Å². The quantitative estimate of drug-likeness (QED) is 0.717. The highest BCUT2D eigenvalue weighted by Crippen LogP contribution is 2.45. The maximum atomic E-state index is 13.2. The summed E-state index contributed by atoms with van der Waals surface area (Å²) in [6, 6.07) is 10.8. The molecule has 0 bridgehead atoms. The second-order valence-corrected chi connectivity index (χ2v) is 8.35. The van der Waals surface area contributed by atoms with Gasteiger partial charge in [-0.05, 0) is 47.7 Å². The predicted octanol–water partition coefficient (Wildman–Crippen LogP) is 5.01. The number of carbonyl (C=O) groups excluding carboxylic acids is 2. The summed E-state index contributed by atoms with van der Waals surface area (Å²) in [5, 5.41) is 3.90. The molecule has 30 heavy (non-hydrogen) atoms. The van der Waals surface area contributed by atoms with Gasteiger partial charge >= 0.3 is 0 Å². The SMILES string of the molecule is COc1ccc([C@H]2CC(=O)C3=C(C2)NC(=O)C[C@H]3c2ccc(Cl)cc2Cl)cc1OC. The smallest absolute Gasteiger partial charge is 0.225 e. The highest BCUT2D eigenvalue weighted by atomic mass is 35.5. The molecular formula is C23H21Cl2NO4. The van der Waals surface area contributed by atoms with Crippen molar-refractivity contribution in [2.75, 3.05) is 14.2 Å². The first kappa shape index (κ1) is 20.8. The summed E-state index contributed by atoms with van der Waals surface area (Å²) >= 11 is 12.4. The second-order valence-electron chi connectivity index (χ2n) is 7.51. The monoisotopic (exact) mass is 445 g/mol. The fourth-order valence-electron chi connectivity index (χ4n) is 4.35. The van der Waals surface area contributed by atoms with E-state index in [1.807, 2.05) is 18.2 Å². The topological polar surface area (TPSA) is 64.6 Å². The molecule has 5 nitrogen and oxygen atoms in total. The Morgan fingerprint density at radius 1 is 0.933 bits per heavy atom. The molecule has 2 atom stereocenters. The summed E-state index contributed by atoms with van der Waals surface area (Å²) in [5.74, 6) is 0.721. The molecule has 0 aromatic heterocycles. The lowest BCUT2D eigenvalue weighted by molar-refractivity contribution is -0.122. The molecule has 1 N–H and O–H groups in total. The van der Waals surface area contributed by atoms with Crippen LogP contribution in [0.1, 0.15) is 42.2 Å². The Balaban J connectivity index is 1.71. The van der Waals surface area contributed by atoms with E-state index < -0.39 is 0 Å². The van der Waals surface area contributed by atoms with Crippen LogP contribution in [-0.2, 0) is 9.59 Å². The highest BCUT2D eigenvalue weighted by Gasteiger charge is 2.39. The number of carbonyl (C=O) groups is 2. The average molecular weight is 446 g/mol. The number of ketones is 1. The van der Waals surface area contributed by atoms with Gasteiger partial charge in [0.15, 0.2) is 17.3 Å². The van der Waals surface area contributed by atoms with Gasteiger partial charge in [0.2, 0.25) is 5.91 Å². The number of rotatable bonds is 4. The Labute approximate surface area is 185 Å². The third-order valence-electron chi connectivity index (χ3n) is 5.75. The molecule has 0 spiro atoms. The Hall–Kier alpha value is -2.50. The number of methoxy groups -OCH3 is 2. The van der Waals surface area contributed by atoms with Crippen LogP contribution in [0.15, 0.2) is 47.7 Å². The molecular weight excluding hydrogens is 425 g/mol. The summed E-state index contributed by atoms with van der Waals surface area (Å²) < 4.78 is 10.7. The van der Waals surface area contributed by atoms with Crippen molar-refractivity contribution in [2.24, 2.45) is 0 Å². The van der Waals surface area contributed by atoms with Crippen LogP contribution in [0.25, 0.3) is 0 Å². The molecule has 0 saturated heterocycles. The van der Waals surface area contributed by atoms with Crippen molar-refractivity contribution in [3.05, 3.63) is 68.8 Å². The van der Waals surface area contributed by atoms with Crippen LogP contribution in [0.3, 0.4) is 0 Å². The van der Waals surface area contributed by atoms with Crippen molar-refractivity contribution in [1.82, 2.24) is 5.32 Å². The fraction of sp³-hybridized carbons (Fsp3) is 0.304. The minimum atomic E-state index is -0.364. The van der Waals surface area contributed by atoms with Gasteiger partial charge in [-0.2, -0.15) is 0 Å². The molecule has 1 aliphatic heterocycles. The maximum Gasteiger partial charge on any atom is 0.225 e. The van der Waals surface area contributed by atoms with Crippen molar-refractivity contribution >= 4 is 34.9 Å². The number of nitrogens with one attached hydrogen (secondary N) is 1. The van der Waals surface area contributed by atoms with E-state index in [9.17, 15) is 9.59 Å². The van der Waals surface area contributed by atoms with Crippen LogP contribution >= 0.6 is 23.2 Å². The Morgan fingerprint density at radius 2 is 1.70 bits per heavy atom. The van der Waals surface area contributed by atoms with E-state index in [-0.39, 0.29) is 29.9 Å². The summed E-state index contributed by atoms with van der Waals surface area (Å²) in [4.78, 5) is 25.7. The maximum absolute atomic E-state index is 13.2. The summed E-state index contributed by atoms with van der Waals surface area (Å²) in [5.41, 5.74) is 3.05. The van der Waals surface area contributed by atoms with Crippen LogP contribution in [0.4, 0.5) is 0 Å². The second kappa shape index (κ2) is 8.32. The number of Topliss-reactive ketones (excluding diaryl/α,β-unsaturated/α-hetero) is 1. The molecule has 2 aliphatic rings. The zero-order valence-electron chi connectivity index (χ0n) is 16.6. The minimum absolute atomic E-state index is 0.0204. The number of ether oxygens (including phenoxy) is 2. The van der Waals surface area contributed by atoms with Crippen molar-refractivity contribution in [1.29, 1.82) is 0 Å². The fourth-order valence-corrected chi connectivity index (χ4v) is 4.89. The van der Waals surface area contributed by atoms with Crippen LogP contribution in [0.2, 0.25) is 10.0 Å². The number of benzene rings is 2. The first-order valence-corrected chi connectivity index (χ1v) is 10.4. The van der Waals surface area contributed by atoms with Gasteiger partial charge in [-0.15, -0.1) is 0 Å². The zero-order chi connectivity index (χ0) is 21.4. The zero-order valence-corrected chi connectivity index (χ0v) is 18.1. The third kappa shape index (κ3) is 3.80. The van der Waals surface area contributed by atoms with Crippen LogP contribution in [-0.4, -0.2) is 25.9 Å². The van der Waals surface area contributed by atoms with Gasteiger partial charge in [0.1, 0.15) is 0 Å². The average Bonchev–Trinajstić information content (AvgIpc) is 2.72. The lowest BCUT2D eigenvalue weighted by Gasteiger charge is -2.35. The molecule has 2 aromatic carbocycles. The lowest BCUT2D eigenvalue weighted by atomic mass is 9.73. The Kier molecular flexibility index (Phi) is 5.76. The number of hydrogen-bond donors (Lipinski definition) is 1. The van der Waals surface area contributed by atoms with E-state index in [4.69, 9.17) is 32.7 Å². The number of amides is 1. The van der Waals surface area contributed by atoms with E-state index in [1.165, 1.54) is 0 Å². The van der Waals surface area contributed by atoms with E-state index in [2.05, 4.69) is 5.32 Å². The van der Waals surface area contributed by atoms with Gasteiger partial charge < -0.3 is 14.8 Å². The van der Waals surface area contributed by atoms with Crippen molar-refractivity contribution < 1.29 is 19.1 Å². The van der Waals surface area contributed by atoms with Crippen molar-refractivity contribution in [2.45, 2.75) is 31.1 Å². The largest absolute Gasteiger partial charge is 0.493 e. The van der Waals surface area contributed by atoms with Crippen LogP contribution < -0.4 is 14.8 Å². The first-order chi connectivity index (χ1) is 14.4. The van der Waals surface area contributed by atoms with E-state index in [0.29, 0.717) is 45.7 Å². The first-order valence-electron chi connectivity index (χ1n) is 9.64. The molecule has 156 valence electrons. The molecule has 4 rings (SSSR count). The molecule has 0 fully saturated rings. The molecule has 1 heterocycles. The predicted molar refractivity (Wildman–Crippen MR) is 116 cm³/mol. The van der Waals surface area contributed by atoms with Crippen molar-refractivity contribution in [3.8, 4) is 11.5 Å². The van der Waals surface area contributed by atoms with E-state index in [1.54, 1.807) is 32.4 Å². The molecule has 0 saturated carbocycles. The normalized spacial score (nSPS) is 21.2. The summed E-state index contributed by atoms with van der Waals surface area (Å²) in [6.45, 7) is 0. The minimum Gasteiger partial charge on any atom is -0.493 e. The van der Waals surface area contributed by atoms with Gasteiger partial charge in [-0.3, -0.25) is 9.59 Å². The van der Waals surface area contributed by atoms with Crippen molar-refractivity contribution in [3.63, 3.8) is 0 Å². The third-order valence-corrected chi connectivity index (χ3v) is 6.32. The lowest BCUT2D eigenvalue weighted by Crippen LogP contribution is -2.38. The van der Waals surface area contributed by atoms with Gasteiger partial charge in [0.25, 0.3) is 0 Å². The molecule has 0 radical (unpaired) electrons.